The molecule has 0 spiro atoms. The van der Waals surface area contributed by atoms with Gasteiger partial charge in [-0.25, -0.2) is 0 Å². The molecule has 122 valence electrons. The number of hydrogen-bond acceptors (Lipinski definition) is 1. The van der Waals surface area contributed by atoms with Crippen LogP contribution in [0.25, 0.3) is 0 Å². The van der Waals surface area contributed by atoms with Crippen LogP contribution in [0.5, 0.6) is 0 Å². The molecule has 0 radical (unpaired) electrons. The lowest BCUT2D eigenvalue weighted by atomic mass is 10.0. The lowest BCUT2D eigenvalue weighted by Gasteiger charge is -2.05. The van der Waals surface area contributed by atoms with Crippen LogP contribution in [-0.2, 0) is 4.79 Å². The van der Waals surface area contributed by atoms with Gasteiger partial charge in [-0.15, -0.1) is 0 Å². The van der Waals surface area contributed by atoms with E-state index in [1.807, 2.05) is 0 Å². The minimum absolute atomic E-state index is 0. The summed E-state index contributed by atoms with van der Waals surface area (Å²) in [6.07, 6.45) is 18.0. The van der Waals surface area contributed by atoms with Gasteiger partial charge in [0.2, 0.25) is 0 Å². The first-order valence-corrected chi connectivity index (χ1v) is 6.49. The molecule has 0 heterocycles. The molecule has 0 atom stereocenters. The van der Waals surface area contributed by atoms with Crippen molar-refractivity contribution in [2.24, 2.45) is 0 Å². The first kappa shape index (κ1) is 31.0. The van der Waals surface area contributed by atoms with Crippen LogP contribution in [-0.4, -0.2) is 22.5 Å². The number of rotatable bonds is 0. The Labute approximate surface area is 120 Å². The third-order valence-corrected chi connectivity index (χ3v) is 3.00. The summed E-state index contributed by atoms with van der Waals surface area (Å²) in [5.41, 5.74) is 0. The van der Waals surface area contributed by atoms with Crippen molar-refractivity contribution in [3.8, 4) is 0 Å². The van der Waals surface area contributed by atoms with Crippen molar-refractivity contribution >= 4 is 6.47 Å². The molecule has 0 aliphatic heterocycles. The minimum atomic E-state index is -0.250. The molecule has 0 bridgehead atoms. The van der Waals surface area contributed by atoms with E-state index < -0.39 is 0 Å². The number of hydrogen-bond donors (Lipinski definition) is 1. The maximum atomic E-state index is 8.36. The zero-order valence-electron chi connectivity index (χ0n) is 10.9. The van der Waals surface area contributed by atoms with E-state index in [2.05, 4.69) is 0 Å². The zero-order valence-corrected chi connectivity index (χ0v) is 10.9. The molecule has 0 aromatic rings. The molecular weight excluding hydrogens is 244 g/mol. The highest BCUT2D eigenvalue weighted by molar-refractivity contribution is 5.32. The van der Waals surface area contributed by atoms with Crippen molar-refractivity contribution in [1.29, 1.82) is 0 Å². The van der Waals surface area contributed by atoms with Crippen LogP contribution >= 0.6 is 0 Å². The van der Waals surface area contributed by atoms with Gasteiger partial charge in [-0.1, -0.05) is 91.9 Å². The van der Waals surface area contributed by atoms with Gasteiger partial charge in [-0.05, 0) is 0 Å². The molecule has 5 N–H and O–H groups in total. The standard InChI is InChI=1S/2C6H12.CH2O2.2CH4.2H2O/c2*1-2-4-6-5-3-1;2-1-3;;;;/h2*1-6H2;1H,(H,2,3);2*1H4;2*1H2. The van der Waals surface area contributed by atoms with Crippen molar-refractivity contribution in [1.82, 2.24) is 0 Å². The predicted octanol–water partition coefficient (Wildman–Crippen LogP) is 4.00. The summed E-state index contributed by atoms with van der Waals surface area (Å²) < 4.78 is 0. The molecular formula is C15H38O4. The summed E-state index contributed by atoms with van der Waals surface area (Å²) >= 11 is 0. The van der Waals surface area contributed by atoms with E-state index in [1.165, 1.54) is 77.0 Å². The lowest BCUT2D eigenvalue weighted by molar-refractivity contribution is -0.122. The Hall–Kier alpha value is -0.610. The summed E-state index contributed by atoms with van der Waals surface area (Å²) in [6, 6.07) is 0. The molecule has 2 rings (SSSR count). The van der Waals surface area contributed by atoms with Crippen LogP contribution in [0.1, 0.15) is 91.9 Å². The van der Waals surface area contributed by atoms with Gasteiger partial charge in [0.15, 0.2) is 0 Å². The van der Waals surface area contributed by atoms with Crippen LogP contribution < -0.4 is 0 Å². The summed E-state index contributed by atoms with van der Waals surface area (Å²) in [4.78, 5) is 8.36. The maximum Gasteiger partial charge on any atom is 0.290 e. The molecule has 0 unspecified atom stereocenters. The summed E-state index contributed by atoms with van der Waals surface area (Å²) in [7, 11) is 0. The number of carboxylic acid groups (broad SMARTS) is 1. The molecule has 19 heavy (non-hydrogen) atoms. The fourth-order valence-corrected chi connectivity index (χ4v) is 2.12. The Kier molecular flexibility index (Phi) is 49.7. The van der Waals surface area contributed by atoms with Crippen LogP contribution in [0.2, 0.25) is 0 Å². The average Bonchev–Trinajstić information content (AvgIpc) is 2.35. The molecule has 2 aliphatic carbocycles. The van der Waals surface area contributed by atoms with Crippen LogP contribution in [0, 0.1) is 0 Å². The Morgan fingerprint density at radius 3 is 0.632 bits per heavy atom. The molecule has 0 aromatic carbocycles. The molecule has 0 saturated heterocycles. The van der Waals surface area contributed by atoms with E-state index in [9.17, 15) is 0 Å². The van der Waals surface area contributed by atoms with Crippen molar-refractivity contribution < 1.29 is 20.9 Å². The summed E-state index contributed by atoms with van der Waals surface area (Å²) in [5, 5.41) is 6.89. The van der Waals surface area contributed by atoms with Crippen molar-refractivity contribution in [3.63, 3.8) is 0 Å². The quantitative estimate of drug-likeness (QED) is 0.679. The van der Waals surface area contributed by atoms with Gasteiger partial charge in [0.1, 0.15) is 0 Å². The third kappa shape index (κ3) is 31.7. The Balaban J connectivity index is -0.0000000489. The Morgan fingerprint density at radius 1 is 0.526 bits per heavy atom. The van der Waals surface area contributed by atoms with E-state index in [0.29, 0.717) is 0 Å². The second-order valence-electron chi connectivity index (χ2n) is 4.35. The van der Waals surface area contributed by atoms with E-state index in [1.54, 1.807) is 0 Å². The van der Waals surface area contributed by atoms with E-state index in [4.69, 9.17) is 9.90 Å². The fourth-order valence-electron chi connectivity index (χ4n) is 2.12. The van der Waals surface area contributed by atoms with Crippen LogP contribution in [0.4, 0.5) is 0 Å². The summed E-state index contributed by atoms with van der Waals surface area (Å²) in [5.74, 6) is 0. The minimum Gasteiger partial charge on any atom is -0.483 e. The largest absolute Gasteiger partial charge is 0.483 e. The molecule has 4 nitrogen and oxygen atoms in total. The first-order chi connectivity index (χ1) is 7.41. The average molecular weight is 282 g/mol. The normalized spacial score (nSPS) is 15.8. The van der Waals surface area contributed by atoms with E-state index in [-0.39, 0.29) is 32.3 Å². The highest BCUT2D eigenvalue weighted by Crippen LogP contribution is 2.15. The molecule has 2 fully saturated rings. The second-order valence-corrected chi connectivity index (χ2v) is 4.35. The van der Waals surface area contributed by atoms with Gasteiger partial charge < -0.3 is 16.1 Å². The van der Waals surface area contributed by atoms with Crippen LogP contribution in [0.3, 0.4) is 0 Å². The third-order valence-electron chi connectivity index (χ3n) is 3.00. The van der Waals surface area contributed by atoms with Gasteiger partial charge in [-0.3, -0.25) is 4.79 Å². The Bertz CT molecular complexity index is 86.3. The first-order valence-electron chi connectivity index (χ1n) is 6.49. The topological polar surface area (TPSA) is 100 Å². The molecule has 2 saturated carbocycles. The Morgan fingerprint density at radius 2 is 0.579 bits per heavy atom. The molecule has 4 heteroatoms. The van der Waals surface area contributed by atoms with Gasteiger partial charge >= 0.3 is 0 Å². The molecule has 0 aromatic heterocycles. The molecule has 2 aliphatic rings. The van der Waals surface area contributed by atoms with Crippen molar-refractivity contribution in [3.05, 3.63) is 0 Å². The van der Waals surface area contributed by atoms with Gasteiger partial charge in [0.25, 0.3) is 6.47 Å². The van der Waals surface area contributed by atoms with Crippen LogP contribution in [0.15, 0.2) is 0 Å². The van der Waals surface area contributed by atoms with E-state index in [0.717, 1.165) is 0 Å². The SMILES string of the molecule is C.C.C1CCCCC1.C1CCCCC1.O.O.O=CO. The maximum absolute atomic E-state index is 8.36. The highest BCUT2D eigenvalue weighted by atomic mass is 16.3. The number of carbonyl (C=O) groups is 1. The molecule has 0 amide bonds. The monoisotopic (exact) mass is 282 g/mol. The van der Waals surface area contributed by atoms with Crippen molar-refractivity contribution in [2.75, 3.05) is 0 Å². The van der Waals surface area contributed by atoms with E-state index >= 15 is 0 Å². The second kappa shape index (κ2) is 30.4. The van der Waals surface area contributed by atoms with Gasteiger partial charge in [-0.2, -0.15) is 0 Å². The fraction of sp³-hybridized carbons (Fsp3) is 0.933. The zero-order chi connectivity index (χ0) is 11.2. The van der Waals surface area contributed by atoms with Gasteiger partial charge in [0.05, 0.1) is 0 Å². The summed E-state index contributed by atoms with van der Waals surface area (Å²) in [6.45, 7) is -0.250. The highest BCUT2D eigenvalue weighted by Gasteiger charge is 1.96. The lowest BCUT2D eigenvalue weighted by Crippen LogP contribution is -1.85. The van der Waals surface area contributed by atoms with Gasteiger partial charge in [0, 0.05) is 0 Å². The van der Waals surface area contributed by atoms with Crippen molar-refractivity contribution in [2.45, 2.75) is 91.9 Å². The smallest absolute Gasteiger partial charge is 0.290 e. The predicted molar refractivity (Wildman–Crippen MR) is 84.8 cm³/mol.